The highest BCUT2D eigenvalue weighted by atomic mass is 79.9. The summed E-state index contributed by atoms with van der Waals surface area (Å²) in [5, 5.41) is 3.16. The third-order valence-corrected chi connectivity index (χ3v) is 4.00. The Kier molecular flexibility index (Phi) is 4.26. The quantitative estimate of drug-likeness (QED) is 0.844. The summed E-state index contributed by atoms with van der Waals surface area (Å²) in [4.78, 5) is 12.1. The summed E-state index contributed by atoms with van der Waals surface area (Å²) in [5.74, 6) is -0.316. The lowest BCUT2D eigenvalue weighted by molar-refractivity contribution is -0.148. The number of hydrogen-bond acceptors (Lipinski definition) is 3. The highest BCUT2D eigenvalue weighted by molar-refractivity contribution is 9.10. The average molecular weight is 330 g/mol. The Bertz CT molecular complexity index is 490. The maximum absolute atomic E-state index is 14.0. The fraction of sp³-hybridized carbons (Fsp3) is 0.500. The number of rotatable bonds is 5. The highest BCUT2D eigenvalue weighted by Gasteiger charge is 2.39. The first-order valence-corrected chi connectivity index (χ1v) is 7.05. The summed E-state index contributed by atoms with van der Waals surface area (Å²) >= 11 is 3.31. The molecule has 104 valence electrons. The van der Waals surface area contributed by atoms with Crippen molar-refractivity contribution in [3.63, 3.8) is 0 Å². The Morgan fingerprint density at radius 2 is 2.26 bits per heavy atom. The molecule has 1 aromatic rings. The zero-order valence-electron chi connectivity index (χ0n) is 11.0. The second-order valence-electron chi connectivity index (χ2n) is 5.07. The SMILES string of the molecule is COC(=O)C(C)(NCC1CC1)c1cc(Br)ccc1F. The number of carbonyl (C=O) groups excluding carboxylic acids is 1. The van der Waals surface area contributed by atoms with Crippen molar-refractivity contribution in [2.45, 2.75) is 25.3 Å². The molecule has 1 fully saturated rings. The molecular weight excluding hydrogens is 313 g/mol. The molecule has 0 aromatic heterocycles. The van der Waals surface area contributed by atoms with Gasteiger partial charge in [-0.15, -0.1) is 0 Å². The van der Waals surface area contributed by atoms with Gasteiger partial charge in [0, 0.05) is 10.0 Å². The zero-order chi connectivity index (χ0) is 14.0. The number of ether oxygens (including phenoxy) is 1. The molecule has 1 atom stereocenters. The van der Waals surface area contributed by atoms with Crippen LogP contribution < -0.4 is 5.32 Å². The molecule has 0 saturated heterocycles. The first-order valence-electron chi connectivity index (χ1n) is 6.26. The Labute approximate surface area is 120 Å². The summed E-state index contributed by atoms with van der Waals surface area (Å²) in [6.07, 6.45) is 2.32. The van der Waals surface area contributed by atoms with Gasteiger partial charge in [-0.25, -0.2) is 9.18 Å². The van der Waals surface area contributed by atoms with Crippen LogP contribution in [0.1, 0.15) is 25.3 Å². The van der Waals surface area contributed by atoms with Gasteiger partial charge in [-0.05, 0) is 50.4 Å². The van der Waals surface area contributed by atoms with E-state index >= 15 is 0 Å². The number of halogens is 2. The fourth-order valence-corrected chi connectivity index (χ4v) is 2.39. The molecule has 2 rings (SSSR count). The molecule has 0 amide bonds. The summed E-state index contributed by atoms with van der Waals surface area (Å²) in [6, 6.07) is 4.57. The number of methoxy groups -OCH3 is 1. The average Bonchev–Trinajstić information content (AvgIpc) is 3.22. The van der Waals surface area contributed by atoms with Gasteiger partial charge in [0.05, 0.1) is 7.11 Å². The summed E-state index contributed by atoms with van der Waals surface area (Å²) in [7, 11) is 1.31. The molecule has 0 aliphatic heterocycles. The Balaban J connectivity index is 2.33. The molecule has 5 heteroatoms. The second-order valence-corrected chi connectivity index (χ2v) is 5.98. The van der Waals surface area contributed by atoms with Crippen LogP contribution in [0.4, 0.5) is 4.39 Å². The van der Waals surface area contributed by atoms with E-state index in [-0.39, 0.29) is 0 Å². The van der Waals surface area contributed by atoms with E-state index in [2.05, 4.69) is 21.2 Å². The topological polar surface area (TPSA) is 38.3 Å². The van der Waals surface area contributed by atoms with Crippen LogP contribution in [0.5, 0.6) is 0 Å². The maximum Gasteiger partial charge on any atom is 0.330 e. The number of benzene rings is 1. The molecule has 0 bridgehead atoms. The van der Waals surface area contributed by atoms with E-state index in [1.54, 1.807) is 19.1 Å². The van der Waals surface area contributed by atoms with Gasteiger partial charge in [0.15, 0.2) is 0 Å². The predicted octanol–water partition coefficient (Wildman–Crippen LogP) is 2.98. The molecule has 3 nitrogen and oxygen atoms in total. The van der Waals surface area contributed by atoms with Crippen LogP contribution in [0.25, 0.3) is 0 Å². The van der Waals surface area contributed by atoms with Crippen LogP contribution in [0.15, 0.2) is 22.7 Å². The van der Waals surface area contributed by atoms with Crippen LogP contribution in [-0.2, 0) is 15.1 Å². The van der Waals surface area contributed by atoms with Crippen molar-refractivity contribution in [3.05, 3.63) is 34.1 Å². The summed E-state index contributed by atoms with van der Waals surface area (Å²) < 4.78 is 19.6. The van der Waals surface area contributed by atoms with Crippen LogP contribution in [0.3, 0.4) is 0 Å². The van der Waals surface area contributed by atoms with E-state index < -0.39 is 17.3 Å². The monoisotopic (exact) mass is 329 g/mol. The van der Waals surface area contributed by atoms with Gasteiger partial charge in [-0.1, -0.05) is 15.9 Å². The third-order valence-electron chi connectivity index (χ3n) is 3.50. The molecule has 19 heavy (non-hydrogen) atoms. The summed E-state index contributed by atoms with van der Waals surface area (Å²) in [5.41, 5.74) is -0.861. The summed E-state index contributed by atoms with van der Waals surface area (Å²) in [6.45, 7) is 2.35. The van der Waals surface area contributed by atoms with Crippen LogP contribution in [-0.4, -0.2) is 19.6 Å². The normalized spacial score (nSPS) is 17.9. The van der Waals surface area contributed by atoms with E-state index in [0.717, 1.165) is 17.3 Å². The van der Waals surface area contributed by atoms with E-state index in [1.165, 1.54) is 13.2 Å². The molecule has 1 saturated carbocycles. The minimum atomic E-state index is -1.16. The lowest BCUT2D eigenvalue weighted by Crippen LogP contribution is -2.48. The van der Waals surface area contributed by atoms with Crippen molar-refractivity contribution in [1.29, 1.82) is 0 Å². The molecule has 0 heterocycles. The number of carbonyl (C=O) groups is 1. The predicted molar refractivity (Wildman–Crippen MR) is 74.2 cm³/mol. The highest BCUT2D eigenvalue weighted by Crippen LogP contribution is 2.32. The Morgan fingerprint density at radius 3 is 2.84 bits per heavy atom. The lowest BCUT2D eigenvalue weighted by atomic mass is 9.91. The van der Waals surface area contributed by atoms with Crippen molar-refractivity contribution in [2.24, 2.45) is 5.92 Å². The number of esters is 1. The van der Waals surface area contributed by atoms with E-state index in [1.807, 2.05) is 0 Å². The van der Waals surface area contributed by atoms with Crippen molar-refractivity contribution < 1.29 is 13.9 Å². The smallest absolute Gasteiger partial charge is 0.330 e. The lowest BCUT2D eigenvalue weighted by Gasteiger charge is -2.29. The third kappa shape index (κ3) is 3.15. The van der Waals surface area contributed by atoms with Crippen molar-refractivity contribution in [3.8, 4) is 0 Å². The molecule has 1 aliphatic carbocycles. The van der Waals surface area contributed by atoms with Crippen LogP contribution in [0.2, 0.25) is 0 Å². The van der Waals surface area contributed by atoms with Gasteiger partial charge in [-0.3, -0.25) is 5.32 Å². The first kappa shape index (κ1) is 14.5. The van der Waals surface area contributed by atoms with Crippen molar-refractivity contribution in [1.82, 2.24) is 5.32 Å². The largest absolute Gasteiger partial charge is 0.467 e. The second kappa shape index (κ2) is 5.59. The molecule has 0 radical (unpaired) electrons. The zero-order valence-corrected chi connectivity index (χ0v) is 12.6. The van der Waals surface area contributed by atoms with Gasteiger partial charge in [-0.2, -0.15) is 0 Å². The maximum atomic E-state index is 14.0. The Morgan fingerprint density at radius 1 is 1.58 bits per heavy atom. The molecular formula is C14H17BrFNO2. The standard InChI is InChI=1S/C14H17BrFNO2/c1-14(13(18)19-2,17-8-9-3-4-9)11-7-10(15)5-6-12(11)16/h5-7,9,17H,3-4,8H2,1-2H3. The molecule has 0 spiro atoms. The number of nitrogens with one attached hydrogen (secondary N) is 1. The van der Waals surface area contributed by atoms with Gasteiger partial charge in [0.1, 0.15) is 11.4 Å². The molecule has 1 unspecified atom stereocenters. The van der Waals surface area contributed by atoms with E-state index in [4.69, 9.17) is 4.74 Å². The van der Waals surface area contributed by atoms with E-state index in [9.17, 15) is 9.18 Å². The fourth-order valence-electron chi connectivity index (χ4n) is 2.03. The molecule has 1 aliphatic rings. The minimum absolute atomic E-state index is 0.300. The van der Waals surface area contributed by atoms with E-state index in [0.29, 0.717) is 18.0 Å². The van der Waals surface area contributed by atoms with Gasteiger partial charge in [0.25, 0.3) is 0 Å². The molecule has 1 N–H and O–H groups in total. The van der Waals surface area contributed by atoms with Crippen molar-refractivity contribution >= 4 is 21.9 Å². The first-order chi connectivity index (χ1) is 8.97. The van der Waals surface area contributed by atoms with Gasteiger partial charge in [0.2, 0.25) is 0 Å². The van der Waals surface area contributed by atoms with Crippen molar-refractivity contribution in [2.75, 3.05) is 13.7 Å². The molecule has 1 aromatic carbocycles. The van der Waals surface area contributed by atoms with Crippen LogP contribution in [0, 0.1) is 11.7 Å². The van der Waals surface area contributed by atoms with Gasteiger partial charge >= 0.3 is 5.97 Å². The minimum Gasteiger partial charge on any atom is -0.467 e. The number of hydrogen-bond donors (Lipinski definition) is 1. The van der Waals surface area contributed by atoms with Crippen LogP contribution >= 0.6 is 15.9 Å². The Hall–Kier alpha value is -0.940. The van der Waals surface area contributed by atoms with Gasteiger partial charge < -0.3 is 4.74 Å².